The maximum Gasteiger partial charge on any atom is 0.261 e. The third-order valence-electron chi connectivity index (χ3n) is 6.02. The van der Waals surface area contributed by atoms with E-state index in [4.69, 9.17) is 9.47 Å². The number of unbranched alkanes of at least 4 members (excludes halogenated alkanes) is 1. The molecule has 3 heterocycles. The highest BCUT2D eigenvalue weighted by molar-refractivity contribution is 5.98. The van der Waals surface area contributed by atoms with Crippen molar-refractivity contribution in [2.24, 2.45) is 0 Å². The first-order chi connectivity index (χ1) is 14.7. The number of carbonyl (C=O) groups excluding carboxylic acids is 1. The molecule has 2 aromatic rings. The van der Waals surface area contributed by atoms with Gasteiger partial charge in [-0.3, -0.25) is 4.79 Å². The smallest absolute Gasteiger partial charge is 0.261 e. The minimum absolute atomic E-state index is 0.0174. The molecular weight excluding hydrogens is 380 g/mol. The zero-order valence-electron chi connectivity index (χ0n) is 17.8. The van der Waals surface area contributed by atoms with Crippen molar-refractivity contribution in [1.29, 1.82) is 0 Å². The molecule has 4 rings (SSSR count). The summed E-state index contributed by atoms with van der Waals surface area (Å²) in [5.41, 5.74) is 2.64. The second-order valence-electron chi connectivity index (χ2n) is 8.05. The molecule has 1 N–H and O–H groups in total. The Morgan fingerprint density at radius 3 is 2.97 bits per heavy atom. The van der Waals surface area contributed by atoms with Gasteiger partial charge in [-0.1, -0.05) is 0 Å². The summed E-state index contributed by atoms with van der Waals surface area (Å²) >= 11 is 0. The number of hydrogen-bond acceptors (Lipinski definition) is 5. The van der Waals surface area contributed by atoms with E-state index in [2.05, 4.69) is 14.9 Å². The van der Waals surface area contributed by atoms with Gasteiger partial charge in [-0.15, -0.1) is 0 Å². The Labute approximate surface area is 177 Å². The number of piperidine rings is 1. The first-order valence-corrected chi connectivity index (χ1v) is 10.7. The number of aromatic nitrogens is 2. The van der Waals surface area contributed by atoms with Gasteiger partial charge in [0.1, 0.15) is 17.8 Å². The van der Waals surface area contributed by atoms with Crippen molar-refractivity contribution >= 4 is 5.91 Å². The van der Waals surface area contributed by atoms with Crippen molar-refractivity contribution < 1.29 is 14.3 Å². The fourth-order valence-corrected chi connectivity index (χ4v) is 4.31. The Kier molecular flexibility index (Phi) is 6.38. The summed E-state index contributed by atoms with van der Waals surface area (Å²) in [7, 11) is 1.60. The Morgan fingerprint density at radius 1 is 1.30 bits per heavy atom. The number of allylic oxidation sites excluding steroid dienone is 1. The lowest BCUT2D eigenvalue weighted by Gasteiger charge is -2.32. The molecular formula is C23H30N4O3. The SMILES string of the molecule is COc1ccc2c(c1)OC=C(C)N(CCCCN1CCCC(c3cnc[nH]3)C1)C2=O. The number of benzene rings is 1. The highest BCUT2D eigenvalue weighted by Crippen LogP contribution is 2.30. The van der Waals surface area contributed by atoms with E-state index in [0.29, 0.717) is 29.5 Å². The van der Waals surface area contributed by atoms with Gasteiger partial charge in [0.2, 0.25) is 0 Å². The summed E-state index contributed by atoms with van der Waals surface area (Å²) in [5, 5.41) is 0. The van der Waals surface area contributed by atoms with Gasteiger partial charge < -0.3 is 24.3 Å². The molecule has 2 aliphatic rings. The number of rotatable bonds is 7. The van der Waals surface area contributed by atoms with Crippen LogP contribution in [-0.2, 0) is 0 Å². The van der Waals surface area contributed by atoms with Crippen LogP contribution in [0.5, 0.6) is 11.5 Å². The van der Waals surface area contributed by atoms with Crippen molar-refractivity contribution in [3.63, 3.8) is 0 Å². The van der Waals surface area contributed by atoms with Gasteiger partial charge in [0.15, 0.2) is 0 Å². The second-order valence-corrected chi connectivity index (χ2v) is 8.05. The normalized spacial score (nSPS) is 19.7. The highest BCUT2D eigenvalue weighted by Gasteiger charge is 2.25. The number of fused-ring (bicyclic) bond motifs is 1. The van der Waals surface area contributed by atoms with Crippen LogP contribution in [0.1, 0.15) is 54.6 Å². The molecule has 1 atom stereocenters. The molecule has 1 saturated heterocycles. The van der Waals surface area contributed by atoms with Gasteiger partial charge >= 0.3 is 0 Å². The third-order valence-corrected chi connectivity index (χ3v) is 6.02. The molecule has 7 heteroatoms. The number of hydrogen-bond donors (Lipinski definition) is 1. The summed E-state index contributed by atoms with van der Waals surface area (Å²) in [5.74, 6) is 1.75. The van der Waals surface area contributed by atoms with E-state index >= 15 is 0 Å². The largest absolute Gasteiger partial charge is 0.497 e. The zero-order valence-corrected chi connectivity index (χ0v) is 17.8. The molecule has 7 nitrogen and oxygen atoms in total. The number of H-pyrrole nitrogens is 1. The van der Waals surface area contributed by atoms with Gasteiger partial charge in [-0.2, -0.15) is 0 Å². The molecule has 2 aliphatic heterocycles. The van der Waals surface area contributed by atoms with Crippen LogP contribution >= 0.6 is 0 Å². The second kappa shape index (κ2) is 9.34. The number of likely N-dealkylation sites (tertiary alicyclic amines) is 1. The Balaban J connectivity index is 1.30. The summed E-state index contributed by atoms with van der Waals surface area (Å²) in [6, 6.07) is 5.33. The molecule has 1 fully saturated rings. The number of imidazole rings is 1. The number of methoxy groups -OCH3 is 1. The quantitative estimate of drug-likeness (QED) is 0.704. The first-order valence-electron chi connectivity index (χ1n) is 10.7. The summed E-state index contributed by atoms with van der Waals surface area (Å²) < 4.78 is 11.0. The Hall–Kier alpha value is -2.80. The van der Waals surface area contributed by atoms with Crippen molar-refractivity contribution in [2.45, 2.75) is 38.5 Å². The molecule has 0 radical (unpaired) electrons. The Bertz CT molecular complexity index is 894. The molecule has 30 heavy (non-hydrogen) atoms. The number of nitrogens with one attached hydrogen (secondary N) is 1. The molecule has 1 unspecified atom stereocenters. The number of aromatic amines is 1. The van der Waals surface area contributed by atoms with Gasteiger partial charge in [-0.05, 0) is 57.8 Å². The molecule has 160 valence electrons. The maximum atomic E-state index is 13.1. The van der Waals surface area contributed by atoms with Gasteiger partial charge in [0.05, 0.1) is 24.7 Å². The molecule has 1 amide bonds. The number of amides is 1. The Morgan fingerprint density at radius 2 is 2.17 bits per heavy atom. The maximum absolute atomic E-state index is 13.1. The van der Waals surface area contributed by atoms with Crippen LogP contribution in [-0.4, -0.2) is 59.0 Å². The zero-order chi connectivity index (χ0) is 20.9. The topological polar surface area (TPSA) is 70.7 Å². The fraction of sp³-hybridized carbons (Fsp3) is 0.478. The lowest BCUT2D eigenvalue weighted by molar-refractivity contribution is 0.0804. The lowest BCUT2D eigenvalue weighted by atomic mass is 9.95. The minimum atomic E-state index is -0.0174. The van der Waals surface area contributed by atoms with E-state index in [1.165, 1.54) is 18.5 Å². The molecule has 0 aliphatic carbocycles. The van der Waals surface area contributed by atoms with E-state index in [1.54, 1.807) is 37.9 Å². The average Bonchev–Trinajstić information content (AvgIpc) is 3.28. The van der Waals surface area contributed by atoms with E-state index in [1.807, 2.05) is 18.0 Å². The van der Waals surface area contributed by atoms with Crippen LogP contribution in [0.15, 0.2) is 42.7 Å². The standard InChI is InChI=1S/C23H30N4O3/c1-17-15-30-22-12-19(29-2)7-8-20(22)23(28)27(17)11-4-3-9-26-10-5-6-18(14-26)21-13-24-16-25-21/h7-8,12-13,15-16,18H,3-6,9-11,14H2,1-2H3,(H,24,25). The summed E-state index contributed by atoms with van der Waals surface area (Å²) in [6.45, 7) is 5.89. The first kappa shape index (κ1) is 20.5. The third kappa shape index (κ3) is 4.51. The lowest BCUT2D eigenvalue weighted by Crippen LogP contribution is -2.35. The minimum Gasteiger partial charge on any atom is -0.497 e. The highest BCUT2D eigenvalue weighted by atomic mass is 16.5. The predicted molar refractivity (Wildman–Crippen MR) is 115 cm³/mol. The van der Waals surface area contributed by atoms with Crippen molar-refractivity contribution in [2.75, 3.05) is 33.3 Å². The van der Waals surface area contributed by atoms with Gasteiger partial charge in [0, 0.05) is 37.0 Å². The van der Waals surface area contributed by atoms with Crippen molar-refractivity contribution in [1.82, 2.24) is 19.8 Å². The van der Waals surface area contributed by atoms with Crippen LogP contribution in [0.3, 0.4) is 0 Å². The molecule has 1 aromatic carbocycles. The summed E-state index contributed by atoms with van der Waals surface area (Å²) in [4.78, 5) is 24.8. The molecule has 0 spiro atoms. The van der Waals surface area contributed by atoms with Crippen LogP contribution < -0.4 is 9.47 Å². The molecule has 0 bridgehead atoms. The number of carbonyl (C=O) groups is 1. The van der Waals surface area contributed by atoms with E-state index in [9.17, 15) is 4.79 Å². The molecule has 1 aromatic heterocycles. The van der Waals surface area contributed by atoms with Crippen LogP contribution in [0.4, 0.5) is 0 Å². The van der Waals surface area contributed by atoms with Crippen molar-refractivity contribution in [3.8, 4) is 11.5 Å². The number of nitrogens with zero attached hydrogens (tertiary/aromatic N) is 3. The molecule has 0 saturated carbocycles. The van der Waals surface area contributed by atoms with Crippen LogP contribution in [0, 0.1) is 0 Å². The van der Waals surface area contributed by atoms with E-state index in [0.717, 1.165) is 38.2 Å². The van der Waals surface area contributed by atoms with E-state index in [-0.39, 0.29) is 5.91 Å². The van der Waals surface area contributed by atoms with Crippen molar-refractivity contribution in [3.05, 3.63) is 53.9 Å². The summed E-state index contributed by atoms with van der Waals surface area (Å²) in [6.07, 6.45) is 9.81. The number of ether oxygens (including phenoxy) is 2. The monoisotopic (exact) mass is 410 g/mol. The fourth-order valence-electron chi connectivity index (χ4n) is 4.31. The van der Waals surface area contributed by atoms with Crippen LogP contribution in [0.2, 0.25) is 0 Å². The van der Waals surface area contributed by atoms with E-state index < -0.39 is 0 Å². The van der Waals surface area contributed by atoms with Gasteiger partial charge in [0.25, 0.3) is 5.91 Å². The van der Waals surface area contributed by atoms with Gasteiger partial charge in [-0.25, -0.2) is 4.98 Å². The predicted octanol–water partition coefficient (Wildman–Crippen LogP) is 3.77. The van der Waals surface area contributed by atoms with Crippen LogP contribution in [0.25, 0.3) is 0 Å². The average molecular weight is 411 g/mol.